The third kappa shape index (κ3) is 5.09. The first-order valence-electron chi connectivity index (χ1n) is 9.10. The molecule has 0 atom stereocenters. The van der Waals surface area contributed by atoms with Gasteiger partial charge in [-0.3, -0.25) is 0 Å². The molecule has 1 fully saturated rings. The van der Waals surface area contributed by atoms with E-state index in [1.165, 1.54) is 28.5 Å². The molecule has 5 heteroatoms. The molecule has 1 aliphatic heterocycles. The van der Waals surface area contributed by atoms with E-state index in [0.29, 0.717) is 0 Å². The van der Waals surface area contributed by atoms with Crippen molar-refractivity contribution in [1.29, 1.82) is 0 Å². The lowest BCUT2D eigenvalue weighted by Crippen LogP contribution is -3.13. The molecular weight excluding hydrogens is 346 g/mol. The van der Waals surface area contributed by atoms with Crippen LogP contribution in [0.25, 0.3) is 10.8 Å². The predicted octanol–water partition coefficient (Wildman–Crippen LogP) is 2.17. The van der Waals surface area contributed by atoms with Gasteiger partial charge in [0, 0.05) is 12.1 Å². The maximum atomic E-state index is 5.55. The van der Waals surface area contributed by atoms with Crippen molar-refractivity contribution in [2.45, 2.75) is 13.0 Å². The normalized spacial score (nSPS) is 15.5. The van der Waals surface area contributed by atoms with Crippen molar-refractivity contribution < 1.29 is 4.90 Å². The molecule has 0 radical (unpaired) electrons. The van der Waals surface area contributed by atoms with Crippen LogP contribution in [0.2, 0.25) is 0 Å². The number of fused-ring (bicyclic) bond motifs is 1. The number of thiocarbonyl (C=S) groups is 1. The van der Waals surface area contributed by atoms with Crippen LogP contribution in [-0.2, 0) is 6.54 Å². The van der Waals surface area contributed by atoms with Gasteiger partial charge in [-0.25, -0.2) is 0 Å². The summed E-state index contributed by atoms with van der Waals surface area (Å²) >= 11 is 7.44. The predicted molar refractivity (Wildman–Crippen MR) is 114 cm³/mol. The van der Waals surface area contributed by atoms with Gasteiger partial charge in [0.05, 0.1) is 26.2 Å². The highest BCUT2D eigenvalue weighted by atomic mass is 32.2. The summed E-state index contributed by atoms with van der Waals surface area (Å²) in [4.78, 5) is 3.99. The number of hydrogen-bond donors (Lipinski definition) is 2. The van der Waals surface area contributed by atoms with Gasteiger partial charge >= 0.3 is 0 Å². The summed E-state index contributed by atoms with van der Waals surface area (Å²) in [6.07, 6.45) is 3.32. The number of nitrogens with one attached hydrogen (secondary N) is 2. The summed E-state index contributed by atoms with van der Waals surface area (Å²) in [5.41, 5.74) is 1.46. The second-order valence-electron chi connectivity index (χ2n) is 6.63. The molecule has 0 aromatic heterocycles. The number of piperazine rings is 1. The van der Waals surface area contributed by atoms with Gasteiger partial charge in [-0.15, -0.1) is 0 Å². The Hall–Kier alpha value is -1.30. The SMILES string of the molecule is CSCCCNC(=S)N1CC[NH+](Cc2cccc3ccccc23)CC1. The molecule has 0 saturated carbocycles. The van der Waals surface area contributed by atoms with Crippen molar-refractivity contribution in [2.75, 3.05) is 44.7 Å². The maximum Gasteiger partial charge on any atom is 0.169 e. The van der Waals surface area contributed by atoms with Crippen molar-refractivity contribution in [1.82, 2.24) is 10.2 Å². The molecule has 0 aliphatic carbocycles. The molecule has 2 N–H and O–H groups in total. The van der Waals surface area contributed by atoms with Crippen molar-refractivity contribution in [3.8, 4) is 0 Å². The lowest BCUT2D eigenvalue weighted by atomic mass is 10.0. The highest BCUT2D eigenvalue weighted by Gasteiger charge is 2.22. The molecule has 3 rings (SSSR count). The molecule has 2 aromatic carbocycles. The fourth-order valence-electron chi connectivity index (χ4n) is 3.44. The first kappa shape index (κ1) is 18.5. The van der Waals surface area contributed by atoms with Crippen molar-refractivity contribution in [2.24, 2.45) is 0 Å². The standard InChI is InChI=1S/C20H27N3S2/c1-25-15-5-10-21-20(24)23-13-11-22(12-14-23)16-18-8-4-7-17-6-2-3-9-19(17)18/h2-4,6-9H,5,10-16H2,1H3,(H,21,24)/p+1. The van der Waals surface area contributed by atoms with E-state index in [1.807, 2.05) is 11.8 Å². The monoisotopic (exact) mass is 374 g/mol. The Morgan fingerprint density at radius 2 is 1.92 bits per heavy atom. The molecule has 0 spiro atoms. The number of hydrogen-bond acceptors (Lipinski definition) is 2. The number of quaternary nitrogens is 1. The molecule has 0 bridgehead atoms. The van der Waals surface area contributed by atoms with E-state index in [2.05, 4.69) is 58.9 Å². The van der Waals surface area contributed by atoms with Crippen LogP contribution in [0.1, 0.15) is 12.0 Å². The third-order valence-electron chi connectivity index (χ3n) is 4.88. The number of nitrogens with zero attached hydrogens (tertiary/aromatic N) is 1. The highest BCUT2D eigenvalue weighted by Crippen LogP contribution is 2.17. The molecule has 2 aromatic rings. The van der Waals surface area contributed by atoms with Crippen LogP contribution in [0.4, 0.5) is 0 Å². The van der Waals surface area contributed by atoms with Crippen LogP contribution in [0.15, 0.2) is 42.5 Å². The van der Waals surface area contributed by atoms with Gasteiger partial charge in [-0.1, -0.05) is 42.5 Å². The lowest BCUT2D eigenvalue weighted by Gasteiger charge is -2.34. The van der Waals surface area contributed by atoms with E-state index < -0.39 is 0 Å². The quantitative estimate of drug-likeness (QED) is 0.596. The third-order valence-corrected chi connectivity index (χ3v) is 5.98. The summed E-state index contributed by atoms with van der Waals surface area (Å²) in [7, 11) is 0. The molecule has 1 heterocycles. The minimum Gasteiger partial charge on any atom is -0.363 e. The highest BCUT2D eigenvalue weighted by molar-refractivity contribution is 7.98. The van der Waals surface area contributed by atoms with Gasteiger partial charge < -0.3 is 15.1 Å². The van der Waals surface area contributed by atoms with E-state index >= 15 is 0 Å². The summed E-state index contributed by atoms with van der Waals surface area (Å²) in [6, 6.07) is 15.4. The van der Waals surface area contributed by atoms with Crippen LogP contribution >= 0.6 is 24.0 Å². The van der Waals surface area contributed by atoms with Crippen molar-refractivity contribution in [3.63, 3.8) is 0 Å². The Morgan fingerprint density at radius 3 is 2.72 bits per heavy atom. The van der Waals surface area contributed by atoms with Crippen LogP contribution in [-0.4, -0.2) is 54.7 Å². The Balaban J connectivity index is 1.50. The van der Waals surface area contributed by atoms with Gasteiger partial charge in [-0.05, 0) is 41.4 Å². The first-order chi connectivity index (χ1) is 12.3. The molecule has 25 heavy (non-hydrogen) atoms. The van der Waals surface area contributed by atoms with E-state index in [4.69, 9.17) is 12.2 Å². The Kier molecular flexibility index (Phi) is 6.96. The minimum absolute atomic E-state index is 0.935. The minimum atomic E-state index is 0.935. The van der Waals surface area contributed by atoms with E-state index in [-0.39, 0.29) is 0 Å². The first-order valence-corrected chi connectivity index (χ1v) is 10.9. The van der Waals surface area contributed by atoms with E-state index in [0.717, 1.165) is 44.4 Å². The largest absolute Gasteiger partial charge is 0.363 e. The summed E-state index contributed by atoms with van der Waals surface area (Å²) in [5.74, 6) is 1.19. The average Bonchev–Trinajstić information content (AvgIpc) is 2.66. The van der Waals surface area contributed by atoms with Gasteiger partial charge in [0.2, 0.25) is 0 Å². The average molecular weight is 375 g/mol. The Bertz CT molecular complexity index is 691. The van der Waals surface area contributed by atoms with E-state index in [1.54, 1.807) is 4.90 Å². The molecule has 0 amide bonds. The maximum absolute atomic E-state index is 5.55. The van der Waals surface area contributed by atoms with Gasteiger partial charge in [0.15, 0.2) is 5.11 Å². The Morgan fingerprint density at radius 1 is 1.16 bits per heavy atom. The van der Waals surface area contributed by atoms with Gasteiger partial charge in [0.25, 0.3) is 0 Å². The van der Waals surface area contributed by atoms with Crippen LogP contribution in [0.5, 0.6) is 0 Å². The van der Waals surface area contributed by atoms with Crippen LogP contribution < -0.4 is 10.2 Å². The molecule has 1 aliphatic rings. The Labute approximate surface area is 160 Å². The molecule has 3 nitrogen and oxygen atoms in total. The summed E-state index contributed by atoms with van der Waals surface area (Å²) < 4.78 is 0. The smallest absolute Gasteiger partial charge is 0.169 e. The van der Waals surface area contributed by atoms with Crippen molar-refractivity contribution >= 4 is 39.9 Å². The molecule has 0 unspecified atom stereocenters. The zero-order valence-electron chi connectivity index (χ0n) is 15.0. The molecular formula is C20H28N3S2+. The lowest BCUT2D eigenvalue weighted by molar-refractivity contribution is -0.917. The topological polar surface area (TPSA) is 19.7 Å². The zero-order chi connectivity index (χ0) is 17.5. The van der Waals surface area contributed by atoms with Crippen molar-refractivity contribution in [3.05, 3.63) is 48.0 Å². The van der Waals surface area contributed by atoms with Gasteiger partial charge in [-0.2, -0.15) is 11.8 Å². The fourth-order valence-corrected chi connectivity index (χ4v) is 4.16. The second-order valence-corrected chi connectivity index (χ2v) is 8.00. The number of thioether (sulfide) groups is 1. The van der Waals surface area contributed by atoms with Gasteiger partial charge in [0.1, 0.15) is 6.54 Å². The van der Waals surface area contributed by atoms with Crippen LogP contribution in [0, 0.1) is 0 Å². The second kappa shape index (κ2) is 9.41. The summed E-state index contributed by atoms with van der Waals surface area (Å²) in [5, 5.41) is 7.08. The van der Waals surface area contributed by atoms with E-state index in [9.17, 15) is 0 Å². The summed E-state index contributed by atoms with van der Waals surface area (Å²) in [6.45, 7) is 6.49. The number of benzene rings is 2. The number of rotatable bonds is 6. The molecule has 134 valence electrons. The fraction of sp³-hybridized carbons (Fsp3) is 0.450. The van der Waals surface area contributed by atoms with Crippen LogP contribution in [0.3, 0.4) is 0 Å². The zero-order valence-corrected chi connectivity index (χ0v) is 16.6. The molecule has 1 saturated heterocycles.